The summed E-state index contributed by atoms with van der Waals surface area (Å²) in [6.07, 6.45) is 1.24. The number of carboxylic acids is 1. The van der Waals surface area contributed by atoms with Crippen molar-refractivity contribution in [3.8, 4) is 5.88 Å². The number of carboxylic acid groups (broad SMARTS) is 1. The van der Waals surface area contributed by atoms with Crippen molar-refractivity contribution in [3.05, 3.63) is 78.6 Å². The van der Waals surface area contributed by atoms with Crippen LogP contribution in [0.25, 0.3) is 27.4 Å². The smallest absolute Gasteiger partial charge is 0.341 e. The molecule has 0 bridgehead atoms. The fourth-order valence-electron chi connectivity index (χ4n) is 4.27. The number of pyridine rings is 1. The molecule has 11 heteroatoms. The van der Waals surface area contributed by atoms with Gasteiger partial charge in [0.2, 0.25) is 5.43 Å². The molecule has 1 aliphatic heterocycles. The zero-order valence-corrected chi connectivity index (χ0v) is 16.9. The molecule has 3 N–H and O–H groups in total. The summed E-state index contributed by atoms with van der Waals surface area (Å²) >= 11 is 0. The first kappa shape index (κ1) is 20.1. The molecular weight excluding hydrogens is 432 g/mol. The zero-order valence-electron chi connectivity index (χ0n) is 16.9. The summed E-state index contributed by atoms with van der Waals surface area (Å²) in [7, 11) is 0. The molecular formula is C22H14N4O7. The second-order valence-corrected chi connectivity index (χ2v) is 7.44. The molecule has 0 atom stereocenters. The molecule has 2 aromatic carbocycles. The first-order chi connectivity index (χ1) is 15.7. The minimum absolute atomic E-state index is 0.0296. The van der Waals surface area contributed by atoms with Gasteiger partial charge in [-0.25, -0.2) is 9.79 Å². The molecule has 164 valence electrons. The summed E-state index contributed by atoms with van der Waals surface area (Å²) in [6, 6.07) is 6.95. The molecule has 5 rings (SSSR count). The number of nitro groups is 1. The Morgan fingerprint density at radius 2 is 2.00 bits per heavy atom. The number of nitrogens with one attached hydrogen (secondary N) is 1. The summed E-state index contributed by atoms with van der Waals surface area (Å²) in [5, 5.41) is 31.8. The van der Waals surface area contributed by atoms with Crippen LogP contribution in [0.1, 0.15) is 22.8 Å². The van der Waals surface area contributed by atoms with Crippen molar-refractivity contribution in [2.75, 3.05) is 0 Å². The van der Waals surface area contributed by atoms with Gasteiger partial charge in [0, 0.05) is 41.0 Å². The first-order valence-corrected chi connectivity index (χ1v) is 9.79. The number of carbonyl (C=O) groups excluding carboxylic acids is 1. The molecule has 3 heterocycles. The molecule has 0 aliphatic carbocycles. The maximum atomic E-state index is 13.2. The third-order valence-electron chi connectivity index (χ3n) is 5.71. The molecule has 0 spiro atoms. The van der Waals surface area contributed by atoms with Gasteiger partial charge in [0.05, 0.1) is 32.3 Å². The van der Waals surface area contributed by atoms with Gasteiger partial charge in [-0.1, -0.05) is 0 Å². The van der Waals surface area contributed by atoms with Crippen LogP contribution in [0, 0.1) is 10.1 Å². The Balaban J connectivity index is 2.05. The molecule has 2 aromatic heterocycles. The Kier molecular flexibility index (Phi) is 4.18. The second kappa shape index (κ2) is 6.85. The Hall–Kier alpha value is -4.80. The van der Waals surface area contributed by atoms with Crippen molar-refractivity contribution in [3.63, 3.8) is 0 Å². The van der Waals surface area contributed by atoms with Crippen LogP contribution < -0.4 is 16.0 Å². The van der Waals surface area contributed by atoms with Crippen molar-refractivity contribution in [2.24, 2.45) is 4.99 Å². The van der Waals surface area contributed by atoms with Gasteiger partial charge in [-0.3, -0.25) is 19.7 Å². The van der Waals surface area contributed by atoms with E-state index >= 15 is 0 Å². The number of fused-ring (bicyclic) bond motifs is 4. The monoisotopic (exact) mass is 446 g/mol. The van der Waals surface area contributed by atoms with E-state index in [1.807, 2.05) is 0 Å². The lowest BCUT2D eigenvalue weighted by atomic mass is 9.98. The highest BCUT2D eigenvalue weighted by Crippen LogP contribution is 2.35. The molecule has 0 saturated heterocycles. The Labute approximate surface area is 182 Å². The number of rotatable bonds is 4. The fraction of sp³-hybridized carbons (Fsp3) is 0.0909. The summed E-state index contributed by atoms with van der Waals surface area (Å²) in [5.41, 5.74) is -0.996. The van der Waals surface area contributed by atoms with Crippen LogP contribution in [-0.2, 0) is 11.3 Å². The highest BCUT2D eigenvalue weighted by Gasteiger charge is 2.28. The highest BCUT2D eigenvalue weighted by atomic mass is 16.6. The van der Waals surface area contributed by atoms with Gasteiger partial charge in [0.25, 0.3) is 11.6 Å². The van der Waals surface area contributed by atoms with Crippen LogP contribution in [0.15, 0.2) is 46.3 Å². The minimum Gasteiger partial charge on any atom is -0.494 e. The molecule has 11 nitrogen and oxygen atoms in total. The highest BCUT2D eigenvalue weighted by molar-refractivity contribution is 6.26. The number of carbonyl (C=O) groups is 2. The SMILES string of the molecule is CCn1cc(C(=O)O)c(=O)c2c3c(ccc21)=NC(=O)C=3c1c(O)[nH]c2ccc([N+](=O)[O-])cc12. The van der Waals surface area contributed by atoms with Crippen LogP contribution in [0.5, 0.6) is 5.88 Å². The summed E-state index contributed by atoms with van der Waals surface area (Å²) in [4.78, 5) is 55.2. The number of nitro benzene ring substituents is 1. The number of amides is 1. The van der Waals surface area contributed by atoms with Gasteiger partial charge < -0.3 is 19.8 Å². The molecule has 1 amide bonds. The predicted molar refractivity (Wildman–Crippen MR) is 116 cm³/mol. The first-order valence-electron chi connectivity index (χ1n) is 9.79. The number of aromatic nitrogens is 2. The van der Waals surface area contributed by atoms with E-state index in [2.05, 4.69) is 9.98 Å². The van der Waals surface area contributed by atoms with Crippen LogP contribution in [0.2, 0.25) is 0 Å². The van der Waals surface area contributed by atoms with E-state index in [1.165, 1.54) is 30.5 Å². The van der Waals surface area contributed by atoms with E-state index in [1.54, 1.807) is 17.6 Å². The van der Waals surface area contributed by atoms with Gasteiger partial charge in [0.15, 0.2) is 5.88 Å². The lowest BCUT2D eigenvalue weighted by Gasteiger charge is -2.10. The summed E-state index contributed by atoms with van der Waals surface area (Å²) in [6.45, 7) is 2.12. The maximum Gasteiger partial charge on any atom is 0.341 e. The van der Waals surface area contributed by atoms with Crippen molar-refractivity contribution < 1.29 is 24.7 Å². The van der Waals surface area contributed by atoms with E-state index in [-0.39, 0.29) is 38.2 Å². The number of hydrogen-bond donors (Lipinski definition) is 3. The van der Waals surface area contributed by atoms with Gasteiger partial charge in [-0.2, -0.15) is 0 Å². The number of non-ortho nitro benzene ring substituents is 1. The predicted octanol–water partition coefficient (Wildman–Crippen LogP) is 1.17. The van der Waals surface area contributed by atoms with Crippen LogP contribution in [-0.4, -0.2) is 36.6 Å². The summed E-state index contributed by atoms with van der Waals surface area (Å²) < 4.78 is 1.57. The van der Waals surface area contributed by atoms with Crippen molar-refractivity contribution in [2.45, 2.75) is 13.5 Å². The third kappa shape index (κ3) is 2.75. The fourth-order valence-corrected chi connectivity index (χ4v) is 4.27. The number of aromatic amines is 1. The second-order valence-electron chi connectivity index (χ2n) is 7.44. The van der Waals surface area contributed by atoms with E-state index < -0.39 is 33.7 Å². The molecule has 0 unspecified atom stereocenters. The topological polar surface area (TPSA) is 168 Å². The standard InChI is InChI=1S/C22H14N4O7/c1-2-25-8-11(22(30)31)19(27)17-14(25)6-5-13-16(17)18(21(29)24-13)15-10-7-9(26(32)33)3-4-12(10)23-20(15)28/h3-8,23,28H,2H2,1H3,(H,30,31). The molecule has 0 radical (unpaired) electrons. The largest absolute Gasteiger partial charge is 0.494 e. The van der Waals surface area contributed by atoms with Gasteiger partial charge >= 0.3 is 5.97 Å². The quantitative estimate of drug-likeness (QED) is 0.312. The lowest BCUT2D eigenvalue weighted by Crippen LogP contribution is -2.32. The Morgan fingerprint density at radius 1 is 1.24 bits per heavy atom. The number of aromatic carboxylic acids is 1. The lowest BCUT2D eigenvalue weighted by molar-refractivity contribution is -0.384. The number of benzene rings is 2. The molecule has 0 saturated carbocycles. The summed E-state index contributed by atoms with van der Waals surface area (Å²) in [5.74, 6) is -2.61. The number of aryl methyl sites for hydroxylation is 1. The Morgan fingerprint density at radius 3 is 2.67 bits per heavy atom. The van der Waals surface area contributed by atoms with Crippen molar-refractivity contribution in [1.29, 1.82) is 0 Å². The van der Waals surface area contributed by atoms with E-state index in [4.69, 9.17) is 0 Å². The van der Waals surface area contributed by atoms with E-state index in [0.717, 1.165) is 0 Å². The van der Waals surface area contributed by atoms with E-state index in [0.29, 0.717) is 17.6 Å². The molecule has 0 fully saturated rings. The Bertz CT molecular complexity index is 1760. The van der Waals surface area contributed by atoms with Crippen molar-refractivity contribution >= 4 is 44.9 Å². The number of H-pyrrole nitrogens is 1. The molecule has 33 heavy (non-hydrogen) atoms. The maximum absolute atomic E-state index is 13.2. The van der Waals surface area contributed by atoms with Gasteiger partial charge in [-0.15, -0.1) is 0 Å². The van der Waals surface area contributed by atoms with Crippen LogP contribution in [0.4, 0.5) is 5.69 Å². The minimum atomic E-state index is -1.42. The molecule has 1 aliphatic rings. The number of nitrogens with zero attached hydrogens (tertiary/aromatic N) is 3. The van der Waals surface area contributed by atoms with Gasteiger partial charge in [0.1, 0.15) is 5.56 Å². The average Bonchev–Trinajstić information content (AvgIpc) is 3.27. The number of hydrogen-bond acceptors (Lipinski definition) is 6. The van der Waals surface area contributed by atoms with Crippen molar-refractivity contribution in [1.82, 2.24) is 9.55 Å². The zero-order chi connectivity index (χ0) is 23.6. The van der Waals surface area contributed by atoms with Crippen LogP contribution in [0.3, 0.4) is 0 Å². The normalized spacial score (nSPS) is 12.9. The van der Waals surface area contributed by atoms with Gasteiger partial charge in [-0.05, 0) is 25.1 Å². The third-order valence-corrected chi connectivity index (χ3v) is 5.71. The average molecular weight is 446 g/mol. The van der Waals surface area contributed by atoms with Crippen LogP contribution >= 0.6 is 0 Å². The van der Waals surface area contributed by atoms with E-state index in [9.17, 15) is 34.7 Å². The molecule has 4 aromatic rings. The number of aromatic hydroxyl groups is 1.